The monoisotopic (exact) mass is 179 g/mol. The summed E-state index contributed by atoms with van der Waals surface area (Å²) in [6, 6.07) is 0.384. The molecule has 0 aliphatic rings. The normalized spacial score (nSPS) is 11.8. The SMILES string of the molecule is Cc1cnc(C(F)(F)F)cc1F. The van der Waals surface area contributed by atoms with Gasteiger partial charge in [0.15, 0.2) is 0 Å². The topological polar surface area (TPSA) is 12.9 Å². The van der Waals surface area contributed by atoms with Gasteiger partial charge in [0, 0.05) is 17.8 Å². The van der Waals surface area contributed by atoms with Crippen molar-refractivity contribution in [2.75, 3.05) is 0 Å². The Labute approximate surface area is 66.0 Å². The molecule has 0 aromatic carbocycles. The van der Waals surface area contributed by atoms with Crippen LogP contribution in [-0.2, 0) is 6.18 Å². The average Bonchev–Trinajstić information content (AvgIpc) is 1.92. The minimum absolute atomic E-state index is 0.100. The maximum Gasteiger partial charge on any atom is 0.433 e. The van der Waals surface area contributed by atoms with Crippen molar-refractivity contribution < 1.29 is 17.6 Å². The third-order valence-electron chi connectivity index (χ3n) is 1.33. The van der Waals surface area contributed by atoms with Gasteiger partial charge in [-0.1, -0.05) is 0 Å². The second-order valence-electron chi connectivity index (χ2n) is 2.32. The molecule has 1 aromatic rings. The summed E-state index contributed by atoms with van der Waals surface area (Å²) in [6.45, 7) is 1.35. The molecule has 1 nitrogen and oxygen atoms in total. The van der Waals surface area contributed by atoms with Crippen molar-refractivity contribution in [1.29, 1.82) is 0 Å². The third kappa shape index (κ3) is 1.72. The van der Waals surface area contributed by atoms with E-state index in [1.54, 1.807) is 0 Å². The van der Waals surface area contributed by atoms with Gasteiger partial charge in [-0.2, -0.15) is 13.2 Å². The van der Waals surface area contributed by atoms with Crippen LogP contribution in [0.2, 0.25) is 0 Å². The zero-order valence-electron chi connectivity index (χ0n) is 6.11. The zero-order chi connectivity index (χ0) is 9.35. The first-order valence-corrected chi connectivity index (χ1v) is 3.10. The Morgan fingerprint density at radius 2 is 1.92 bits per heavy atom. The summed E-state index contributed by atoms with van der Waals surface area (Å²) >= 11 is 0. The number of rotatable bonds is 0. The Kier molecular flexibility index (Phi) is 2.04. The highest BCUT2D eigenvalue weighted by Crippen LogP contribution is 2.27. The Morgan fingerprint density at radius 1 is 1.33 bits per heavy atom. The summed E-state index contributed by atoms with van der Waals surface area (Å²) < 4.78 is 48.2. The fraction of sp³-hybridized carbons (Fsp3) is 0.286. The predicted molar refractivity (Wildman–Crippen MR) is 33.9 cm³/mol. The number of hydrogen-bond acceptors (Lipinski definition) is 1. The molecule has 0 unspecified atom stereocenters. The van der Waals surface area contributed by atoms with E-state index in [0.29, 0.717) is 6.07 Å². The summed E-state index contributed by atoms with van der Waals surface area (Å²) in [5, 5.41) is 0. The van der Waals surface area contributed by atoms with E-state index in [1.807, 2.05) is 0 Å². The minimum atomic E-state index is -4.57. The van der Waals surface area contributed by atoms with Crippen LogP contribution in [0, 0.1) is 12.7 Å². The highest BCUT2D eigenvalue weighted by molar-refractivity contribution is 5.16. The van der Waals surface area contributed by atoms with E-state index in [-0.39, 0.29) is 5.56 Å². The second-order valence-corrected chi connectivity index (χ2v) is 2.32. The number of halogens is 4. The van der Waals surface area contributed by atoms with Crippen molar-refractivity contribution in [3.63, 3.8) is 0 Å². The van der Waals surface area contributed by atoms with E-state index in [1.165, 1.54) is 6.92 Å². The second kappa shape index (κ2) is 2.73. The molecule has 0 amide bonds. The van der Waals surface area contributed by atoms with Crippen molar-refractivity contribution in [3.8, 4) is 0 Å². The van der Waals surface area contributed by atoms with E-state index < -0.39 is 17.7 Å². The number of alkyl halides is 3. The van der Waals surface area contributed by atoms with E-state index in [2.05, 4.69) is 4.98 Å². The Bertz CT molecular complexity index is 292. The molecule has 0 bridgehead atoms. The molecule has 1 aromatic heterocycles. The van der Waals surface area contributed by atoms with Crippen molar-refractivity contribution in [1.82, 2.24) is 4.98 Å². The highest BCUT2D eigenvalue weighted by atomic mass is 19.4. The average molecular weight is 179 g/mol. The molecule has 1 rings (SSSR count). The first kappa shape index (κ1) is 8.96. The summed E-state index contributed by atoms with van der Waals surface area (Å²) in [6.07, 6.45) is -3.72. The van der Waals surface area contributed by atoms with Gasteiger partial charge >= 0.3 is 6.18 Å². The molecule has 0 atom stereocenters. The Hall–Kier alpha value is -1.13. The minimum Gasteiger partial charge on any atom is -0.251 e. The van der Waals surface area contributed by atoms with E-state index in [9.17, 15) is 17.6 Å². The van der Waals surface area contributed by atoms with Crippen LogP contribution >= 0.6 is 0 Å². The molecule has 0 aliphatic carbocycles. The highest BCUT2D eigenvalue weighted by Gasteiger charge is 2.32. The van der Waals surface area contributed by atoms with Gasteiger partial charge in [0.2, 0.25) is 0 Å². The van der Waals surface area contributed by atoms with Crippen molar-refractivity contribution in [2.24, 2.45) is 0 Å². The molecule has 66 valence electrons. The van der Waals surface area contributed by atoms with Crippen LogP contribution < -0.4 is 0 Å². The van der Waals surface area contributed by atoms with Crippen LogP contribution in [0.15, 0.2) is 12.3 Å². The molecule has 0 fully saturated rings. The van der Waals surface area contributed by atoms with E-state index >= 15 is 0 Å². The smallest absolute Gasteiger partial charge is 0.251 e. The van der Waals surface area contributed by atoms with Gasteiger partial charge in [0.05, 0.1) is 0 Å². The fourth-order valence-corrected chi connectivity index (χ4v) is 0.654. The third-order valence-corrected chi connectivity index (χ3v) is 1.33. The number of hydrogen-bond donors (Lipinski definition) is 0. The number of aryl methyl sites for hydroxylation is 1. The van der Waals surface area contributed by atoms with Gasteiger partial charge < -0.3 is 0 Å². The summed E-state index contributed by atoms with van der Waals surface area (Å²) in [7, 11) is 0. The standard InChI is InChI=1S/C7H5F4N/c1-4-3-12-6(2-5(4)8)7(9,10)11/h2-3H,1H3. The molecule has 0 saturated heterocycles. The molecule has 0 saturated carbocycles. The molecule has 0 N–H and O–H groups in total. The molecule has 0 spiro atoms. The lowest BCUT2D eigenvalue weighted by Gasteiger charge is -2.05. The van der Waals surface area contributed by atoms with Crippen LogP contribution in [0.1, 0.15) is 11.3 Å². The van der Waals surface area contributed by atoms with Gasteiger partial charge in [-0.3, -0.25) is 4.98 Å². The quantitative estimate of drug-likeness (QED) is 0.557. The van der Waals surface area contributed by atoms with Gasteiger partial charge in [-0.25, -0.2) is 4.39 Å². The van der Waals surface area contributed by atoms with Crippen molar-refractivity contribution >= 4 is 0 Å². The predicted octanol–water partition coefficient (Wildman–Crippen LogP) is 2.55. The van der Waals surface area contributed by atoms with Gasteiger partial charge in [-0.15, -0.1) is 0 Å². The van der Waals surface area contributed by atoms with E-state index in [4.69, 9.17) is 0 Å². The largest absolute Gasteiger partial charge is 0.433 e. The lowest BCUT2D eigenvalue weighted by molar-refractivity contribution is -0.141. The molecule has 12 heavy (non-hydrogen) atoms. The van der Waals surface area contributed by atoms with Crippen LogP contribution in [-0.4, -0.2) is 4.98 Å². The lowest BCUT2D eigenvalue weighted by Crippen LogP contribution is -2.08. The Morgan fingerprint density at radius 3 is 2.33 bits per heavy atom. The van der Waals surface area contributed by atoms with Crippen LogP contribution in [0.5, 0.6) is 0 Å². The summed E-state index contributed by atoms with van der Waals surface area (Å²) in [4.78, 5) is 3.05. The van der Waals surface area contributed by atoms with Gasteiger partial charge in [0.25, 0.3) is 0 Å². The van der Waals surface area contributed by atoms with Gasteiger partial charge in [0.1, 0.15) is 11.5 Å². The number of aromatic nitrogens is 1. The maximum atomic E-state index is 12.6. The van der Waals surface area contributed by atoms with Gasteiger partial charge in [-0.05, 0) is 6.92 Å². The summed E-state index contributed by atoms with van der Waals surface area (Å²) in [5.41, 5.74) is -1.10. The van der Waals surface area contributed by atoms with Crippen LogP contribution in [0.3, 0.4) is 0 Å². The fourth-order valence-electron chi connectivity index (χ4n) is 0.654. The molecule has 0 aliphatic heterocycles. The van der Waals surface area contributed by atoms with Crippen molar-refractivity contribution in [3.05, 3.63) is 29.3 Å². The first-order valence-electron chi connectivity index (χ1n) is 3.10. The first-order chi connectivity index (χ1) is 5.41. The van der Waals surface area contributed by atoms with Crippen LogP contribution in [0.25, 0.3) is 0 Å². The molecular weight excluding hydrogens is 174 g/mol. The summed E-state index contributed by atoms with van der Waals surface area (Å²) in [5.74, 6) is -0.891. The zero-order valence-corrected chi connectivity index (χ0v) is 6.11. The maximum absolute atomic E-state index is 12.6. The number of pyridine rings is 1. The number of nitrogens with zero attached hydrogens (tertiary/aromatic N) is 1. The molecule has 0 radical (unpaired) electrons. The molecule has 5 heteroatoms. The lowest BCUT2D eigenvalue weighted by atomic mass is 10.2. The van der Waals surface area contributed by atoms with Crippen LogP contribution in [0.4, 0.5) is 17.6 Å². The Balaban J connectivity index is 3.14. The van der Waals surface area contributed by atoms with E-state index in [0.717, 1.165) is 6.20 Å². The molecule has 1 heterocycles. The molecular formula is C7H5F4N. The van der Waals surface area contributed by atoms with Crippen molar-refractivity contribution in [2.45, 2.75) is 13.1 Å².